The minimum Gasteiger partial charge on any atom is -0.497 e. The zero-order chi connectivity index (χ0) is 24.7. The smallest absolute Gasteiger partial charge is 0.340 e. The Morgan fingerprint density at radius 1 is 0.886 bits per heavy atom. The van der Waals surface area contributed by atoms with Crippen LogP contribution in [0.4, 0.5) is 0 Å². The fourth-order valence-electron chi connectivity index (χ4n) is 4.04. The number of hydrogen-bond donors (Lipinski definition) is 0. The van der Waals surface area contributed by atoms with Gasteiger partial charge in [-0.05, 0) is 42.5 Å². The minimum atomic E-state index is -4.31. The molecule has 0 atom stereocenters. The van der Waals surface area contributed by atoms with E-state index in [-0.39, 0.29) is 32.8 Å². The Morgan fingerprint density at radius 3 is 2.29 bits per heavy atom. The Labute approximate surface area is 200 Å². The fraction of sp³-hybridized carbons (Fsp3) is 0.0769. The molecule has 5 aromatic rings. The largest absolute Gasteiger partial charge is 0.497 e. The van der Waals surface area contributed by atoms with E-state index >= 15 is 0 Å². The van der Waals surface area contributed by atoms with Crippen molar-refractivity contribution < 1.29 is 31.9 Å². The Morgan fingerprint density at radius 2 is 1.60 bits per heavy atom. The van der Waals surface area contributed by atoms with Crippen LogP contribution in [0, 0.1) is 0 Å². The van der Waals surface area contributed by atoms with Gasteiger partial charge in [0.1, 0.15) is 17.0 Å². The first-order valence-corrected chi connectivity index (χ1v) is 12.0. The van der Waals surface area contributed by atoms with Gasteiger partial charge in [-0.15, -0.1) is 0 Å². The van der Waals surface area contributed by atoms with Crippen LogP contribution in [-0.4, -0.2) is 38.4 Å². The number of benzene rings is 3. The molecule has 5 rings (SSSR count). The average molecular weight is 490 g/mol. The van der Waals surface area contributed by atoms with Gasteiger partial charge in [0.05, 0.1) is 30.2 Å². The van der Waals surface area contributed by atoms with Crippen LogP contribution in [0.2, 0.25) is 0 Å². The van der Waals surface area contributed by atoms with Gasteiger partial charge in [-0.25, -0.2) is 17.2 Å². The molecular formula is C26H19NO7S. The van der Waals surface area contributed by atoms with Crippen LogP contribution >= 0.6 is 0 Å². The second-order valence-electron chi connectivity index (χ2n) is 7.66. The zero-order valence-electron chi connectivity index (χ0n) is 18.7. The maximum atomic E-state index is 13.9. The van der Waals surface area contributed by atoms with Gasteiger partial charge in [0.2, 0.25) is 5.78 Å². The van der Waals surface area contributed by atoms with E-state index in [4.69, 9.17) is 13.9 Å². The number of ketones is 1. The molecule has 0 aliphatic heterocycles. The molecule has 2 aromatic heterocycles. The maximum Gasteiger partial charge on any atom is 0.340 e. The topological polar surface area (TPSA) is 105 Å². The first kappa shape index (κ1) is 22.4. The third kappa shape index (κ3) is 3.57. The molecule has 176 valence electrons. The Hall–Kier alpha value is -4.37. The molecule has 0 N–H and O–H groups in total. The first-order valence-electron chi connectivity index (χ1n) is 10.5. The summed E-state index contributed by atoms with van der Waals surface area (Å²) in [6.07, 6.45) is 0. The molecule has 0 saturated heterocycles. The highest BCUT2D eigenvalue weighted by atomic mass is 32.2. The predicted molar refractivity (Wildman–Crippen MR) is 129 cm³/mol. The van der Waals surface area contributed by atoms with Crippen molar-refractivity contribution >= 4 is 43.6 Å². The highest BCUT2D eigenvalue weighted by molar-refractivity contribution is 7.90. The number of furan rings is 1. The highest BCUT2D eigenvalue weighted by Gasteiger charge is 2.35. The molecule has 0 unspecified atom stereocenters. The molecular weight excluding hydrogens is 470 g/mol. The second-order valence-corrected chi connectivity index (χ2v) is 9.45. The van der Waals surface area contributed by atoms with Crippen LogP contribution < -0.4 is 4.74 Å². The quantitative estimate of drug-likeness (QED) is 0.253. The summed E-state index contributed by atoms with van der Waals surface area (Å²) in [5, 5.41) is 0.848. The standard InChI is InChI=1S/C26H19NO7S/c1-32-17-12-13-20-19(15-17)23(26(29)33-2)24(27(20)35(30,31)18-9-4-3-5-10-18)25(28)22-14-16-8-6-7-11-21(16)34-22/h3-15H,1-2H3. The van der Waals surface area contributed by atoms with Crippen LogP contribution in [0.1, 0.15) is 26.6 Å². The minimum absolute atomic E-state index is 0.0530. The lowest BCUT2D eigenvalue weighted by Crippen LogP contribution is -2.21. The van der Waals surface area contributed by atoms with Gasteiger partial charge in [-0.3, -0.25) is 4.79 Å². The second kappa shape index (κ2) is 8.44. The molecule has 0 bridgehead atoms. The van der Waals surface area contributed by atoms with Crippen LogP contribution in [0.3, 0.4) is 0 Å². The number of methoxy groups -OCH3 is 2. The molecule has 0 amide bonds. The molecule has 2 heterocycles. The van der Waals surface area contributed by atoms with E-state index in [9.17, 15) is 18.0 Å². The van der Waals surface area contributed by atoms with Crippen LogP contribution in [0.25, 0.3) is 21.9 Å². The lowest BCUT2D eigenvalue weighted by molar-refractivity contribution is 0.0599. The number of para-hydroxylation sites is 1. The van der Waals surface area contributed by atoms with E-state index in [0.717, 1.165) is 11.1 Å². The van der Waals surface area contributed by atoms with Gasteiger partial charge in [-0.2, -0.15) is 0 Å². The van der Waals surface area contributed by atoms with Crippen molar-refractivity contribution in [3.8, 4) is 5.75 Å². The van der Waals surface area contributed by atoms with Gasteiger partial charge < -0.3 is 13.9 Å². The average Bonchev–Trinajstić information content (AvgIpc) is 3.47. The number of nitrogens with zero attached hydrogens (tertiary/aromatic N) is 1. The molecule has 0 saturated carbocycles. The van der Waals surface area contributed by atoms with E-state index in [0.29, 0.717) is 16.7 Å². The summed E-state index contributed by atoms with van der Waals surface area (Å²) in [6, 6.07) is 20.7. The van der Waals surface area contributed by atoms with Gasteiger partial charge in [0.15, 0.2) is 5.76 Å². The normalized spacial score (nSPS) is 11.6. The molecule has 0 radical (unpaired) electrons. The number of esters is 1. The maximum absolute atomic E-state index is 13.9. The summed E-state index contributed by atoms with van der Waals surface area (Å²) in [5.41, 5.74) is -0.0189. The van der Waals surface area contributed by atoms with Gasteiger partial charge in [0, 0.05) is 10.8 Å². The van der Waals surface area contributed by atoms with Crippen molar-refractivity contribution in [3.63, 3.8) is 0 Å². The van der Waals surface area contributed by atoms with Crippen molar-refractivity contribution in [2.45, 2.75) is 4.90 Å². The molecule has 8 nitrogen and oxygen atoms in total. The Kier molecular flexibility index (Phi) is 5.41. The SMILES string of the molecule is COC(=O)c1c(C(=O)c2cc3ccccc3o2)n(S(=O)(=O)c2ccccc2)c2ccc(OC)cc12. The number of hydrogen-bond acceptors (Lipinski definition) is 7. The molecule has 3 aromatic carbocycles. The van der Waals surface area contributed by atoms with Crippen molar-refractivity contribution in [2.24, 2.45) is 0 Å². The van der Waals surface area contributed by atoms with E-state index in [1.54, 1.807) is 48.5 Å². The first-order chi connectivity index (χ1) is 16.9. The predicted octanol–water partition coefficient (Wildman–Crippen LogP) is 4.65. The van der Waals surface area contributed by atoms with Crippen molar-refractivity contribution in [3.05, 3.63) is 95.9 Å². The third-order valence-corrected chi connectivity index (χ3v) is 7.39. The lowest BCUT2D eigenvalue weighted by atomic mass is 10.1. The molecule has 0 aliphatic rings. The number of rotatable bonds is 6. The number of carbonyl (C=O) groups excluding carboxylic acids is 2. The third-order valence-electron chi connectivity index (χ3n) is 5.67. The number of fused-ring (bicyclic) bond motifs is 2. The van der Waals surface area contributed by atoms with E-state index in [1.165, 1.54) is 37.4 Å². The summed E-state index contributed by atoms with van der Waals surface area (Å²) >= 11 is 0. The fourth-order valence-corrected chi connectivity index (χ4v) is 5.59. The van der Waals surface area contributed by atoms with Crippen LogP contribution in [-0.2, 0) is 14.8 Å². The van der Waals surface area contributed by atoms with Crippen LogP contribution in [0.5, 0.6) is 5.75 Å². The summed E-state index contributed by atoms with van der Waals surface area (Å²) in [6.45, 7) is 0. The molecule has 0 spiro atoms. The van der Waals surface area contributed by atoms with Gasteiger partial charge in [0.25, 0.3) is 10.0 Å². The van der Waals surface area contributed by atoms with Gasteiger partial charge in [-0.1, -0.05) is 36.4 Å². The van der Waals surface area contributed by atoms with E-state index in [2.05, 4.69) is 0 Å². The lowest BCUT2D eigenvalue weighted by Gasteiger charge is -2.11. The van der Waals surface area contributed by atoms with Crippen molar-refractivity contribution in [1.29, 1.82) is 0 Å². The zero-order valence-corrected chi connectivity index (χ0v) is 19.5. The number of ether oxygens (including phenoxy) is 2. The number of aromatic nitrogens is 1. The highest BCUT2D eigenvalue weighted by Crippen LogP contribution is 2.35. The summed E-state index contributed by atoms with van der Waals surface area (Å²) in [7, 11) is -1.71. The van der Waals surface area contributed by atoms with Gasteiger partial charge >= 0.3 is 5.97 Å². The summed E-state index contributed by atoms with van der Waals surface area (Å²) in [4.78, 5) is 26.8. The molecule has 0 aliphatic carbocycles. The van der Waals surface area contributed by atoms with E-state index in [1.807, 2.05) is 0 Å². The Balaban J connectivity index is 1.90. The molecule has 0 fully saturated rings. The molecule has 35 heavy (non-hydrogen) atoms. The Bertz CT molecular complexity index is 1680. The van der Waals surface area contributed by atoms with Crippen LogP contribution in [0.15, 0.2) is 88.2 Å². The van der Waals surface area contributed by atoms with Crippen molar-refractivity contribution in [1.82, 2.24) is 3.97 Å². The monoisotopic (exact) mass is 489 g/mol. The van der Waals surface area contributed by atoms with Crippen molar-refractivity contribution in [2.75, 3.05) is 14.2 Å². The summed E-state index contributed by atoms with van der Waals surface area (Å²) < 4.78 is 44.6. The summed E-state index contributed by atoms with van der Waals surface area (Å²) in [5.74, 6) is -1.39. The number of carbonyl (C=O) groups is 2. The van der Waals surface area contributed by atoms with E-state index < -0.39 is 21.8 Å². The molecule has 9 heteroatoms.